The number of anilines is 1. The summed E-state index contributed by atoms with van der Waals surface area (Å²) in [5.41, 5.74) is 1.05. The summed E-state index contributed by atoms with van der Waals surface area (Å²) in [7, 11) is 1.57. The standard InChI is InChI=1S/C15H15ClFNO2/c1-20-11-5-2-4-10(8-11)18-14(9-19)12-6-3-7-13(16)15(12)17/h2-8,14,18-19H,9H2,1H3. The van der Waals surface area contributed by atoms with Crippen molar-refractivity contribution in [2.75, 3.05) is 19.0 Å². The van der Waals surface area contributed by atoms with E-state index < -0.39 is 11.9 Å². The van der Waals surface area contributed by atoms with E-state index in [4.69, 9.17) is 16.3 Å². The van der Waals surface area contributed by atoms with Crippen LogP contribution >= 0.6 is 11.6 Å². The fourth-order valence-electron chi connectivity index (χ4n) is 1.93. The highest BCUT2D eigenvalue weighted by atomic mass is 35.5. The fourth-order valence-corrected chi connectivity index (χ4v) is 2.11. The van der Waals surface area contributed by atoms with Crippen LogP contribution in [0, 0.1) is 5.82 Å². The Kier molecular flexibility index (Phi) is 4.82. The summed E-state index contributed by atoms with van der Waals surface area (Å²) >= 11 is 5.76. The third-order valence-electron chi connectivity index (χ3n) is 2.95. The molecule has 106 valence electrons. The Balaban J connectivity index is 2.26. The van der Waals surface area contributed by atoms with Crippen molar-refractivity contribution in [1.82, 2.24) is 0 Å². The Bertz CT molecular complexity index is 592. The Labute approximate surface area is 122 Å². The summed E-state index contributed by atoms with van der Waals surface area (Å²) in [6.07, 6.45) is 0. The van der Waals surface area contributed by atoms with Crippen LogP contribution in [-0.4, -0.2) is 18.8 Å². The average molecular weight is 296 g/mol. The molecule has 0 fully saturated rings. The van der Waals surface area contributed by atoms with Crippen LogP contribution in [-0.2, 0) is 0 Å². The molecule has 0 saturated heterocycles. The maximum absolute atomic E-state index is 14.0. The third-order valence-corrected chi connectivity index (χ3v) is 3.24. The van der Waals surface area contributed by atoms with Gasteiger partial charge in [-0.25, -0.2) is 4.39 Å². The predicted molar refractivity (Wildman–Crippen MR) is 77.9 cm³/mol. The lowest BCUT2D eigenvalue weighted by Crippen LogP contribution is -2.16. The largest absolute Gasteiger partial charge is 0.497 e. The van der Waals surface area contributed by atoms with Crippen LogP contribution in [0.3, 0.4) is 0 Å². The molecule has 0 aliphatic rings. The Hall–Kier alpha value is -1.78. The molecule has 0 aliphatic heterocycles. The monoisotopic (exact) mass is 295 g/mol. The molecule has 20 heavy (non-hydrogen) atoms. The van der Waals surface area contributed by atoms with Gasteiger partial charge in [0.25, 0.3) is 0 Å². The van der Waals surface area contributed by atoms with E-state index in [0.29, 0.717) is 11.3 Å². The van der Waals surface area contributed by atoms with Gasteiger partial charge < -0.3 is 15.2 Å². The van der Waals surface area contributed by atoms with Gasteiger partial charge in [-0.1, -0.05) is 29.8 Å². The van der Waals surface area contributed by atoms with Gasteiger partial charge in [0.2, 0.25) is 0 Å². The fraction of sp³-hybridized carbons (Fsp3) is 0.200. The van der Waals surface area contributed by atoms with E-state index in [2.05, 4.69) is 5.32 Å². The highest BCUT2D eigenvalue weighted by Crippen LogP contribution is 2.27. The lowest BCUT2D eigenvalue weighted by atomic mass is 10.1. The Morgan fingerprint density at radius 1 is 1.30 bits per heavy atom. The minimum absolute atomic E-state index is 0.0355. The highest BCUT2D eigenvalue weighted by molar-refractivity contribution is 6.30. The van der Waals surface area contributed by atoms with E-state index in [9.17, 15) is 9.50 Å². The molecule has 2 aromatic carbocycles. The van der Waals surface area contributed by atoms with Crippen molar-refractivity contribution in [2.24, 2.45) is 0 Å². The summed E-state index contributed by atoms with van der Waals surface area (Å²) in [5, 5.41) is 12.6. The minimum atomic E-state index is -0.583. The number of ether oxygens (including phenoxy) is 1. The highest BCUT2D eigenvalue weighted by Gasteiger charge is 2.16. The van der Waals surface area contributed by atoms with Gasteiger partial charge in [0, 0.05) is 17.3 Å². The van der Waals surface area contributed by atoms with E-state index >= 15 is 0 Å². The molecule has 2 rings (SSSR count). The molecule has 5 heteroatoms. The number of aliphatic hydroxyl groups excluding tert-OH is 1. The third kappa shape index (κ3) is 3.21. The van der Waals surface area contributed by atoms with Gasteiger partial charge in [-0.05, 0) is 18.2 Å². The van der Waals surface area contributed by atoms with Crippen molar-refractivity contribution in [3.05, 3.63) is 58.9 Å². The molecule has 1 atom stereocenters. The zero-order valence-electron chi connectivity index (χ0n) is 10.9. The number of hydrogen-bond acceptors (Lipinski definition) is 3. The molecule has 2 aromatic rings. The SMILES string of the molecule is COc1cccc(NC(CO)c2cccc(Cl)c2F)c1. The van der Waals surface area contributed by atoms with Gasteiger partial charge in [0.1, 0.15) is 11.6 Å². The van der Waals surface area contributed by atoms with Crippen molar-refractivity contribution in [1.29, 1.82) is 0 Å². The van der Waals surface area contributed by atoms with Gasteiger partial charge in [-0.15, -0.1) is 0 Å². The molecule has 0 aliphatic carbocycles. The molecule has 1 unspecified atom stereocenters. The molecule has 0 saturated carbocycles. The maximum Gasteiger partial charge on any atom is 0.147 e. The van der Waals surface area contributed by atoms with E-state index in [-0.39, 0.29) is 11.6 Å². The summed E-state index contributed by atoms with van der Waals surface area (Å²) in [6, 6.07) is 11.3. The second-order valence-electron chi connectivity index (χ2n) is 4.25. The van der Waals surface area contributed by atoms with Gasteiger partial charge in [0.15, 0.2) is 0 Å². The Morgan fingerprint density at radius 2 is 2.05 bits per heavy atom. The molecule has 0 radical (unpaired) electrons. The Morgan fingerprint density at radius 3 is 2.75 bits per heavy atom. The number of methoxy groups -OCH3 is 1. The van der Waals surface area contributed by atoms with Crippen LogP contribution in [0.2, 0.25) is 5.02 Å². The molecule has 0 amide bonds. The number of benzene rings is 2. The first kappa shape index (κ1) is 14.6. The molecular weight excluding hydrogens is 281 g/mol. The number of halogens is 2. The topological polar surface area (TPSA) is 41.5 Å². The van der Waals surface area contributed by atoms with Crippen molar-refractivity contribution in [3.63, 3.8) is 0 Å². The molecular formula is C15H15ClFNO2. The summed E-state index contributed by atoms with van der Waals surface area (Å²) in [6.45, 7) is -0.255. The number of aliphatic hydroxyl groups is 1. The van der Waals surface area contributed by atoms with Crippen molar-refractivity contribution >= 4 is 17.3 Å². The summed E-state index contributed by atoms with van der Waals surface area (Å²) < 4.78 is 19.1. The van der Waals surface area contributed by atoms with Crippen LogP contribution in [0.4, 0.5) is 10.1 Å². The zero-order valence-corrected chi connectivity index (χ0v) is 11.7. The second kappa shape index (κ2) is 6.59. The van der Waals surface area contributed by atoms with Crippen LogP contribution in [0.25, 0.3) is 0 Å². The lowest BCUT2D eigenvalue weighted by molar-refractivity contribution is 0.274. The van der Waals surface area contributed by atoms with E-state index in [1.807, 2.05) is 12.1 Å². The van der Waals surface area contributed by atoms with Crippen molar-refractivity contribution in [3.8, 4) is 5.75 Å². The van der Waals surface area contributed by atoms with Crippen LogP contribution in [0.1, 0.15) is 11.6 Å². The first-order valence-electron chi connectivity index (χ1n) is 6.11. The van der Waals surface area contributed by atoms with Gasteiger partial charge >= 0.3 is 0 Å². The minimum Gasteiger partial charge on any atom is -0.497 e. The lowest BCUT2D eigenvalue weighted by Gasteiger charge is -2.19. The van der Waals surface area contributed by atoms with Crippen molar-refractivity contribution < 1.29 is 14.2 Å². The quantitative estimate of drug-likeness (QED) is 0.885. The van der Waals surface area contributed by atoms with Crippen LogP contribution in [0.5, 0.6) is 5.75 Å². The van der Waals surface area contributed by atoms with Gasteiger partial charge in [0.05, 0.1) is 24.8 Å². The zero-order chi connectivity index (χ0) is 14.5. The molecule has 2 N–H and O–H groups in total. The first-order chi connectivity index (χ1) is 9.65. The molecule has 3 nitrogen and oxygen atoms in total. The molecule has 0 bridgehead atoms. The van der Waals surface area contributed by atoms with Crippen LogP contribution < -0.4 is 10.1 Å². The van der Waals surface area contributed by atoms with Gasteiger partial charge in [-0.2, -0.15) is 0 Å². The smallest absolute Gasteiger partial charge is 0.147 e. The van der Waals surface area contributed by atoms with E-state index in [0.717, 1.165) is 5.69 Å². The predicted octanol–water partition coefficient (Wildman–Crippen LogP) is 3.63. The second-order valence-corrected chi connectivity index (χ2v) is 4.66. The number of nitrogens with one attached hydrogen (secondary N) is 1. The van der Waals surface area contributed by atoms with Crippen molar-refractivity contribution in [2.45, 2.75) is 6.04 Å². The van der Waals surface area contributed by atoms with Crippen LogP contribution in [0.15, 0.2) is 42.5 Å². The van der Waals surface area contributed by atoms with E-state index in [1.165, 1.54) is 6.07 Å². The normalized spacial score (nSPS) is 12.0. The summed E-state index contributed by atoms with van der Waals surface area (Å²) in [5.74, 6) is 0.155. The molecule has 0 heterocycles. The summed E-state index contributed by atoms with van der Waals surface area (Å²) in [4.78, 5) is 0. The van der Waals surface area contributed by atoms with E-state index in [1.54, 1.807) is 31.4 Å². The first-order valence-corrected chi connectivity index (χ1v) is 6.49. The molecule has 0 spiro atoms. The maximum atomic E-state index is 14.0. The average Bonchev–Trinajstić information content (AvgIpc) is 2.48. The van der Waals surface area contributed by atoms with Gasteiger partial charge in [-0.3, -0.25) is 0 Å². The number of hydrogen-bond donors (Lipinski definition) is 2. The number of rotatable bonds is 5. The molecule has 0 aromatic heterocycles.